The van der Waals surface area contributed by atoms with Crippen LogP contribution in [0.4, 0.5) is 0 Å². The number of hydrogen-bond donors (Lipinski definition) is 1. The van der Waals surface area contributed by atoms with Crippen LogP contribution in [0, 0.1) is 6.92 Å². The van der Waals surface area contributed by atoms with E-state index in [1.165, 1.54) is 16.5 Å². The molecule has 3 heteroatoms. The van der Waals surface area contributed by atoms with Crippen LogP contribution in [-0.4, -0.2) is 15.9 Å². The molecule has 2 heterocycles. The molecular weight excluding hydrogens is 222 g/mol. The third-order valence-electron chi connectivity index (χ3n) is 3.28. The van der Waals surface area contributed by atoms with Crippen molar-refractivity contribution in [3.63, 3.8) is 0 Å². The van der Waals surface area contributed by atoms with Crippen molar-refractivity contribution in [3.05, 3.63) is 47.8 Å². The van der Waals surface area contributed by atoms with Crippen molar-refractivity contribution >= 4 is 16.6 Å². The number of benzene rings is 1. The Hall–Kier alpha value is -1.87. The molecule has 0 radical (unpaired) electrons. The van der Waals surface area contributed by atoms with Crippen LogP contribution in [0.15, 0.2) is 36.5 Å². The second kappa shape index (κ2) is 4.42. The summed E-state index contributed by atoms with van der Waals surface area (Å²) in [6.45, 7) is 2.83. The standard InChI is InChI=1S/C15H17N3/c1-11-4-5-12-6-7-15-17-13(3-2-8-16)10-18(15)14(12)9-11/h4-7,9-10H,2-3,8,16H2,1H3. The Kier molecular flexibility index (Phi) is 2.76. The second-order valence-electron chi connectivity index (χ2n) is 4.75. The largest absolute Gasteiger partial charge is 0.330 e. The number of aryl methyl sites for hydroxylation is 2. The van der Waals surface area contributed by atoms with Crippen molar-refractivity contribution in [1.29, 1.82) is 0 Å². The van der Waals surface area contributed by atoms with E-state index in [1.54, 1.807) is 0 Å². The molecule has 18 heavy (non-hydrogen) atoms. The van der Waals surface area contributed by atoms with Crippen molar-refractivity contribution in [2.45, 2.75) is 19.8 Å². The van der Waals surface area contributed by atoms with Crippen molar-refractivity contribution in [2.24, 2.45) is 5.73 Å². The van der Waals surface area contributed by atoms with Gasteiger partial charge in [-0.3, -0.25) is 4.40 Å². The van der Waals surface area contributed by atoms with Gasteiger partial charge in [0, 0.05) is 6.20 Å². The van der Waals surface area contributed by atoms with E-state index in [4.69, 9.17) is 5.73 Å². The van der Waals surface area contributed by atoms with Crippen LogP contribution in [0.25, 0.3) is 16.6 Å². The molecule has 0 atom stereocenters. The molecule has 0 amide bonds. The molecule has 3 nitrogen and oxygen atoms in total. The van der Waals surface area contributed by atoms with Gasteiger partial charge >= 0.3 is 0 Å². The van der Waals surface area contributed by atoms with Crippen LogP contribution in [0.2, 0.25) is 0 Å². The van der Waals surface area contributed by atoms with Crippen LogP contribution in [0.3, 0.4) is 0 Å². The average Bonchev–Trinajstić information content (AvgIpc) is 2.79. The summed E-state index contributed by atoms with van der Waals surface area (Å²) in [4.78, 5) is 4.64. The predicted molar refractivity (Wildman–Crippen MR) is 74.8 cm³/mol. The Morgan fingerprint density at radius 3 is 2.89 bits per heavy atom. The van der Waals surface area contributed by atoms with Crippen LogP contribution >= 0.6 is 0 Å². The lowest BCUT2D eigenvalue weighted by Crippen LogP contribution is -2.00. The van der Waals surface area contributed by atoms with Gasteiger partial charge in [-0.15, -0.1) is 0 Å². The molecule has 2 aromatic heterocycles. The van der Waals surface area contributed by atoms with Gasteiger partial charge in [0.1, 0.15) is 5.65 Å². The fourth-order valence-corrected chi connectivity index (χ4v) is 2.33. The van der Waals surface area contributed by atoms with E-state index >= 15 is 0 Å². The first-order valence-corrected chi connectivity index (χ1v) is 6.35. The fraction of sp³-hybridized carbons (Fsp3) is 0.267. The van der Waals surface area contributed by atoms with Crippen LogP contribution < -0.4 is 5.73 Å². The van der Waals surface area contributed by atoms with Crippen molar-refractivity contribution in [2.75, 3.05) is 6.54 Å². The molecule has 0 bridgehead atoms. The van der Waals surface area contributed by atoms with Gasteiger partial charge in [-0.05, 0) is 55.5 Å². The van der Waals surface area contributed by atoms with Crippen LogP contribution in [0.1, 0.15) is 17.7 Å². The quantitative estimate of drug-likeness (QED) is 0.763. The normalized spacial score (nSPS) is 11.4. The molecule has 0 fully saturated rings. The first-order valence-electron chi connectivity index (χ1n) is 6.35. The van der Waals surface area contributed by atoms with Gasteiger partial charge in [-0.25, -0.2) is 4.98 Å². The van der Waals surface area contributed by atoms with E-state index in [0.717, 1.165) is 24.2 Å². The Morgan fingerprint density at radius 1 is 1.22 bits per heavy atom. The molecule has 0 aliphatic carbocycles. The lowest BCUT2D eigenvalue weighted by molar-refractivity contribution is 0.816. The third-order valence-corrected chi connectivity index (χ3v) is 3.28. The first kappa shape index (κ1) is 11.2. The molecule has 0 saturated heterocycles. The van der Waals surface area contributed by atoms with E-state index in [2.05, 4.69) is 52.8 Å². The second-order valence-corrected chi connectivity index (χ2v) is 4.75. The minimum atomic E-state index is 0.716. The molecular formula is C15H17N3. The fourth-order valence-electron chi connectivity index (χ4n) is 2.33. The van der Waals surface area contributed by atoms with Gasteiger partial charge < -0.3 is 5.73 Å². The number of fused-ring (bicyclic) bond motifs is 3. The maximum absolute atomic E-state index is 5.55. The zero-order valence-electron chi connectivity index (χ0n) is 10.6. The van der Waals surface area contributed by atoms with Gasteiger partial charge in [0.15, 0.2) is 0 Å². The molecule has 0 aliphatic heterocycles. The molecule has 0 saturated carbocycles. The Labute approximate surface area is 106 Å². The van der Waals surface area contributed by atoms with Gasteiger partial charge in [0.25, 0.3) is 0 Å². The lowest BCUT2D eigenvalue weighted by atomic mass is 10.1. The number of aromatic nitrogens is 2. The summed E-state index contributed by atoms with van der Waals surface area (Å²) in [5, 5.41) is 1.25. The zero-order chi connectivity index (χ0) is 12.5. The maximum Gasteiger partial charge on any atom is 0.137 e. The smallest absolute Gasteiger partial charge is 0.137 e. The molecule has 1 aromatic carbocycles. The van der Waals surface area contributed by atoms with Gasteiger partial charge in [0.05, 0.1) is 11.2 Å². The lowest BCUT2D eigenvalue weighted by Gasteiger charge is -2.02. The highest BCUT2D eigenvalue weighted by Gasteiger charge is 2.04. The Bertz CT molecular complexity index is 697. The first-order chi connectivity index (χ1) is 8.78. The van der Waals surface area contributed by atoms with Gasteiger partial charge in [-0.2, -0.15) is 0 Å². The van der Waals surface area contributed by atoms with E-state index in [9.17, 15) is 0 Å². The number of pyridine rings is 1. The molecule has 3 rings (SSSR count). The minimum absolute atomic E-state index is 0.716. The van der Waals surface area contributed by atoms with Crippen molar-refractivity contribution in [1.82, 2.24) is 9.38 Å². The maximum atomic E-state index is 5.55. The summed E-state index contributed by atoms with van der Waals surface area (Å²) in [5.41, 5.74) is 10.2. The topological polar surface area (TPSA) is 43.3 Å². The monoisotopic (exact) mass is 239 g/mol. The predicted octanol–water partition coefficient (Wildman–Crippen LogP) is 2.69. The van der Waals surface area contributed by atoms with Gasteiger partial charge in [-0.1, -0.05) is 12.1 Å². The SMILES string of the molecule is Cc1ccc2ccc3nc(CCCN)cn3c2c1. The summed E-state index contributed by atoms with van der Waals surface area (Å²) >= 11 is 0. The molecule has 2 N–H and O–H groups in total. The summed E-state index contributed by atoms with van der Waals surface area (Å²) in [5.74, 6) is 0. The van der Waals surface area contributed by atoms with Crippen LogP contribution in [-0.2, 0) is 6.42 Å². The average molecular weight is 239 g/mol. The number of rotatable bonds is 3. The third kappa shape index (κ3) is 1.87. The number of hydrogen-bond acceptors (Lipinski definition) is 2. The van der Waals surface area contributed by atoms with E-state index in [0.29, 0.717) is 6.54 Å². The summed E-state index contributed by atoms with van der Waals surface area (Å²) < 4.78 is 2.17. The van der Waals surface area contributed by atoms with Crippen molar-refractivity contribution < 1.29 is 0 Å². The van der Waals surface area contributed by atoms with E-state index < -0.39 is 0 Å². The summed E-state index contributed by atoms with van der Waals surface area (Å²) in [7, 11) is 0. The highest BCUT2D eigenvalue weighted by molar-refractivity contribution is 5.82. The number of nitrogens with two attached hydrogens (primary N) is 1. The molecule has 0 spiro atoms. The highest BCUT2D eigenvalue weighted by atomic mass is 15.0. The summed E-state index contributed by atoms with van der Waals surface area (Å²) in [6.07, 6.45) is 4.07. The Morgan fingerprint density at radius 2 is 2.06 bits per heavy atom. The molecule has 3 aromatic rings. The molecule has 0 unspecified atom stereocenters. The minimum Gasteiger partial charge on any atom is -0.330 e. The number of nitrogens with zero attached hydrogens (tertiary/aromatic N) is 2. The van der Waals surface area contributed by atoms with E-state index in [1.807, 2.05) is 0 Å². The van der Waals surface area contributed by atoms with E-state index in [-0.39, 0.29) is 0 Å². The highest BCUT2D eigenvalue weighted by Crippen LogP contribution is 2.19. The van der Waals surface area contributed by atoms with Gasteiger partial charge in [0.2, 0.25) is 0 Å². The Balaban J connectivity index is 2.19. The molecule has 92 valence electrons. The summed E-state index contributed by atoms with van der Waals surface area (Å²) in [6, 6.07) is 10.7. The number of imidazole rings is 1. The van der Waals surface area contributed by atoms with Crippen LogP contribution in [0.5, 0.6) is 0 Å². The van der Waals surface area contributed by atoms with Crippen molar-refractivity contribution in [3.8, 4) is 0 Å². The zero-order valence-corrected chi connectivity index (χ0v) is 10.6. The molecule has 0 aliphatic rings.